The zero-order valence-corrected chi connectivity index (χ0v) is 14.1. The molecule has 1 aromatic carbocycles. The molecule has 4 bridgehead atoms. The second-order valence-electron chi connectivity index (χ2n) is 6.73. The van der Waals surface area contributed by atoms with Gasteiger partial charge in [0.05, 0.1) is 0 Å². The highest BCUT2D eigenvalue weighted by Crippen LogP contribution is 2.54. The summed E-state index contributed by atoms with van der Waals surface area (Å²) in [4.78, 5) is 0. The Morgan fingerprint density at radius 3 is 2.16 bits per heavy atom. The van der Waals surface area contributed by atoms with Gasteiger partial charge < -0.3 is 5.32 Å². The molecule has 3 heteroatoms. The number of halogens is 2. The minimum absolute atomic E-state index is 0.707. The maximum atomic E-state index is 3.86. The van der Waals surface area contributed by atoms with Crippen molar-refractivity contribution >= 4 is 37.5 Å². The molecule has 0 unspecified atom stereocenters. The Bertz CT molecular complexity index is 472. The van der Waals surface area contributed by atoms with Gasteiger partial charge in [0, 0.05) is 20.7 Å². The van der Waals surface area contributed by atoms with Crippen LogP contribution in [0, 0.1) is 23.7 Å². The molecule has 1 nitrogen and oxygen atoms in total. The van der Waals surface area contributed by atoms with Gasteiger partial charge in [0.25, 0.3) is 0 Å². The van der Waals surface area contributed by atoms with E-state index in [1.54, 1.807) is 0 Å². The molecule has 0 saturated heterocycles. The van der Waals surface area contributed by atoms with Crippen LogP contribution in [-0.2, 0) is 0 Å². The Morgan fingerprint density at radius 2 is 1.53 bits per heavy atom. The van der Waals surface area contributed by atoms with Gasteiger partial charge >= 0.3 is 0 Å². The summed E-state index contributed by atoms with van der Waals surface area (Å²) in [6.07, 6.45) is 7.40. The Morgan fingerprint density at radius 1 is 0.895 bits per heavy atom. The van der Waals surface area contributed by atoms with E-state index in [0.29, 0.717) is 6.04 Å². The first kappa shape index (κ1) is 12.7. The molecule has 4 aliphatic carbocycles. The predicted octanol–water partition coefficient (Wildman–Crippen LogP) is 5.45. The lowest BCUT2D eigenvalue weighted by Crippen LogP contribution is -2.51. The minimum atomic E-state index is 0.707. The van der Waals surface area contributed by atoms with Crippen molar-refractivity contribution in [3.63, 3.8) is 0 Å². The van der Waals surface area contributed by atoms with Crippen LogP contribution in [0.1, 0.15) is 32.1 Å². The lowest BCUT2D eigenvalue weighted by molar-refractivity contribution is 0.00752. The molecule has 0 aliphatic heterocycles. The van der Waals surface area contributed by atoms with Crippen LogP contribution in [0.15, 0.2) is 27.1 Å². The van der Waals surface area contributed by atoms with Crippen molar-refractivity contribution in [2.45, 2.75) is 38.1 Å². The summed E-state index contributed by atoms with van der Waals surface area (Å²) < 4.78 is 2.34. The highest BCUT2D eigenvalue weighted by molar-refractivity contribution is 9.11. The lowest BCUT2D eigenvalue weighted by atomic mass is 9.54. The molecule has 0 spiro atoms. The summed E-state index contributed by atoms with van der Waals surface area (Å²) in [5.41, 5.74) is 1.26. The van der Waals surface area contributed by atoms with E-state index in [2.05, 4.69) is 55.4 Å². The monoisotopic (exact) mass is 383 g/mol. The van der Waals surface area contributed by atoms with E-state index in [9.17, 15) is 0 Å². The average molecular weight is 385 g/mol. The van der Waals surface area contributed by atoms with Gasteiger partial charge in [-0.25, -0.2) is 0 Å². The zero-order valence-electron chi connectivity index (χ0n) is 10.9. The molecule has 1 N–H and O–H groups in total. The standard InChI is InChI=1S/C16H19Br2N/c17-13-1-2-14(18)15(8-13)19-16-11-4-9-3-10(6-11)7-12(16)5-9/h1-2,8-12,16,19H,3-7H2. The highest BCUT2D eigenvalue weighted by Gasteiger charge is 2.48. The van der Waals surface area contributed by atoms with Crippen LogP contribution < -0.4 is 5.32 Å². The minimum Gasteiger partial charge on any atom is -0.381 e. The van der Waals surface area contributed by atoms with Crippen molar-refractivity contribution < 1.29 is 0 Å². The SMILES string of the molecule is Brc1ccc(Br)c(NC2C3CC4CC(C3)CC2C4)c1. The predicted molar refractivity (Wildman–Crippen MR) is 86.3 cm³/mol. The van der Waals surface area contributed by atoms with E-state index >= 15 is 0 Å². The van der Waals surface area contributed by atoms with Crippen molar-refractivity contribution in [1.29, 1.82) is 0 Å². The molecule has 0 atom stereocenters. The van der Waals surface area contributed by atoms with Gasteiger partial charge in [0.1, 0.15) is 0 Å². The number of hydrogen-bond acceptors (Lipinski definition) is 1. The van der Waals surface area contributed by atoms with Crippen LogP contribution in [0.5, 0.6) is 0 Å². The van der Waals surface area contributed by atoms with Crippen LogP contribution in [0.2, 0.25) is 0 Å². The van der Waals surface area contributed by atoms with Crippen molar-refractivity contribution in [3.05, 3.63) is 27.1 Å². The first-order valence-corrected chi connectivity index (χ1v) is 8.99. The smallest absolute Gasteiger partial charge is 0.0498 e. The van der Waals surface area contributed by atoms with Gasteiger partial charge in [-0.15, -0.1) is 0 Å². The van der Waals surface area contributed by atoms with Gasteiger partial charge in [0.15, 0.2) is 0 Å². The van der Waals surface area contributed by atoms with Crippen LogP contribution in [0.25, 0.3) is 0 Å². The van der Waals surface area contributed by atoms with Gasteiger partial charge in [-0.1, -0.05) is 15.9 Å². The number of hydrogen-bond donors (Lipinski definition) is 1. The van der Waals surface area contributed by atoms with Gasteiger partial charge in [0.2, 0.25) is 0 Å². The zero-order chi connectivity index (χ0) is 13.0. The third-order valence-electron chi connectivity index (χ3n) is 5.48. The molecule has 0 heterocycles. The van der Waals surface area contributed by atoms with E-state index in [-0.39, 0.29) is 0 Å². The molecule has 5 rings (SSSR count). The lowest BCUT2D eigenvalue weighted by Gasteiger charge is -2.54. The van der Waals surface area contributed by atoms with E-state index in [1.165, 1.54) is 42.3 Å². The molecule has 102 valence electrons. The molecule has 0 radical (unpaired) electrons. The first-order valence-electron chi connectivity index (χ1n) is 7.40. The van der Waals surface area contributed by atoms with E-state index in [1.807, 2.05) is 0 Å². The Labute approximate surface area is 131 Å². The third kappa shape index (κ3) is 2.27. The quantitative estimate of drug-likeness (QED) is 0.714. The fraction of sp³-hybridized carbons (Fsp3) is 0.625. The van der Waals surface area contributed by atoms with Gasteiger partial charge in [-0.3, -0.25) is 0 Å². The second-order valence-corrected chi connectivity index (χ2v) is 8.50. The maximum Gasteiger partial charge on any atom is 0.0498 e. The summed E-state index contributed by atoms with van der Waals surface area (Å²) in [5.74, 6) is 3.93. The fourth-order valence-corrected chi connectivity index (χ4v) is 5.67. The van der Waals surface area contributed by atoms with Crippen LogP contribution >= 0.6 is 31.9 Å². The highest BCUT2D eigenvalue weighted by atomic mass is 79.9. The Hall–Kier alpha value is -0.0200. The van der Waals surface area contributed by atoms with Crippen LogP contribution in [0.3, 0.4) is 0 Å². The fourth-order valence-electron chi connectivity index (χ4n) is 4.95. The maximum absolute atomic E-state index is 3.86. The molecule has 1 aromatic rings. The van der Waals surface area contributed by atoms with E-state index in [4.69, 9.17) is 0 Å². The number of benzene rings is 1. The molecule has 4 fully saturated rings. The van der Waals surface area contributed by atoms with E-state index < -0.39 is 0 Å². The van der Waals surface area contributed by atoms with Crippen molar-refractivity contribution in [2.75, 3.05) is 5.32 Å². The molecule has 0 aromatic heterocycles. The molecular weight excluding hydrogens is 366 g/mol. The van der Waals surface area contributed by atoms with Crippen LogP contribution in [0.4, 0.5) is 5.69 Å². The average Bonchev–Trinajstić information content (AvgIpc) is 2.37. The Kier molecular flexibility index (Phi) is 3.19. The molecule has 0 amide bonds. The van der Waals surface area contributed by atoms with Crippen LogP contribution in [-0.4, -0.2) is 6.04 Å². The largest absolute Gasteiger partial charge is 0.381 e. The number of nitrogens with one attached hydrogen (secondary N) is 1. The third-order valence-corrected chi connectivity index (χ3v) is 6.66. The summed E-state index contributed by atoms with van der Waals surface area (Å²) in [5, 5.41) is 3.86. The van der Waals surface area contributed by atoms with Gasteiger partial charge in [-0.2, -0.15) is 0 Å². The topological polar surface area (TPSA) is 12.0 Å². The second kappa shape index (κ2) is 4.77. The molecular formula is C16H19Br2N. The van der Waals surface area contributed by atoms with Crippen molar-refractivity contribution in [3.8, 4) is 0 Å². The first-order chi connectivity index (χ1) is 9.19. The summed E-state index contributed by atoms with van der Waals surface area (Å²) in [6.45, 7) is 0. The summed E-state index contributed by atoms with van der Waals surface area (Å²) in [6, 6.07) is 7.13. The molecule has 19 heavy (non-hydrogen) atoms. The van der Waals surface area contributed by atoms with E-state index in [0.717, 1.165) is 28.1 Å². The van der Waals surface area contributed by atoms with Gasteiger partial charge in [-0.05, 0) is 89.9 Å². The normalized spacial score (nSPS) is 39.6. The summed E-state index contributed by atoms with van der Waals surface area (Å²) in [7, 11) is 0. The van der Waals surface area contributed by atoms with Crippen molar-refractivity contribution in [2.24, 2.45) is 23.7 Å². The number of rotatable bonds is 2. The Balaban J connectivity index is 1.58. The summed E-state index contributed by atoms with van der Waals surface area (Å²) >= 11 is 7.25. The van der Waals surface area contributed by atoms with Crippen molar-refractivity contribution in [1.82, 2.24) is 0 Å². The molecule has 4 saturated carbocycles. The number of anilines is 1. The molecule has 4 aliphatic rings.